The molecule has 3 aromatic carbocycles. The van der Waals surface area contributed by atoms with Crippen molar-refractivity contribution in [1.82, 2.24) is 0 Å². The number of benzene rings is 3. The van der Waals surface area contributed by atoms with Gasteiger partial charge in [-0.2, -0.15) is 0 Å². The van der Waals surface area contributed by atoms with Gasteiger partial charge in [0.25, 0.3) is 21.6 Å². The normalized spacial score (nSPS) is 12.2. The molecule has 2 N–H and O–H groups in total. The topological polar surface area (TPSA) is 172 Å². The van der Waals surface area contributed by atoms with Gasteiger partial charge < -0.3 is 24.3 Å². The second-order valence-corrected chi connectivity index (χ2v) is 9.44. The number of methoxy groups -OCH3 is 1. The number of nitrogens with one attached hydrogen (secondary N) is 2. The first-order valence-electron chi connectivity index (χ1n) is 11.0. The molecule has 38 heavy (non-hydrogen) atoms. The van der Waals surface area contributed by atoms with E-state index >= 15 is 0 Å². The van der Waals surface area contributed by atoms with Crippen molar-refractivity contribution < 1.29 is 41.9 Å². The lowest BCUT2D eigenvalue weighted by atomic mass is 10.2. The SMILES string of the molecule is COc1ccc(NC(=O)COC(=O)c2ccc(NS(=O)(=O)c3ccc4c(c3)OCCO4)cc2)c([N+](=O)[O-])c1. The third-order valence-corrected chi connectivity index (χ3v) is 6.59. The molecule has 0 unspecified atom stereocenters. The fourth-order valence-electron chi connectivity index (χ4n) is 3.38. The lowest BCUT2D eigenvalue weighted by Gasteiger charge is -2.19. The summed E-state index contributed by atoms with van der Waals surface area (Å²) in [5, 5.41) is 13.5. The Morgan fingerprint density at radius 3 is 2.39 bits per heavy atom. The average Bonchev–Trinajstić information content (AvgIpc) is 2.91. The molecule has 0 radical (unpaired) electrons. The zero-order chi connectivity index (χ0) is 27.3. The number of rotatable bonds is 9. The van der Waals surface area contributed by atoms with Crippen LogP contribution >= 0.6 is 0 Å². The van der Waals surface area contributed by atoms with Crippen LogP contribution in [-0.4, -0.2) is 52.1 Å². The minimum absolute atomic E-state index is 0.0339. The molecule has 1 amide bonds. The Morgan fingerprint density at radius 2 is 1.71 bits per heavy atom. The van der Waals surface area contributed by atoms with Gasteiger partial charge in [0.2, 0.25) is 0 Å². The first kappa shape index (κ1) is 26.2. The Kier molecular flexibility index (Phi) is 7.62. The molecule has 0 saturated carbocycles. The number of amides is 1. The van der Waals surface area contributed by atoms with Crippen molar-refractivity contribution in [2.24, 2.45) is 0 Å². The van der Waals surface area contributed by atoms with E-state index in [4.69, 9.17) is 18.9 Å². The van der Waals surface area contributed by atoms with Gasteiger partial charge in [0.15, 0.2) is 18.1 Å². The van der Waals surface area contributed by atoms with Gasteiger partial charge in [0.1, 0.15) is 24.7 Å². The van der Waals surface area contributed by atoms with Gasteiger partial charge in [-0.1, -0.05) is 0 Å². The maximum atomic E-state index is 12.7. The van der Waals surface area contributed by atoms with Crippen LogP contribution in [0, 0.1) is 10.1 Å². The van der Waals surface area contributed by atoms with Gasteiger partial charge >= 0.3 is 5.97 Å². The highest BCUT2D eigenvalue weighted by molar-refractivity contribution is 7.92. The maximum Gasteiger partial charge on any atom is 0.338 e. The second-order valence-electron chi connectivity index (χ2n) is 7.75. The van der Waals surface area contributed by atoms with Crippen molar-refractivity contribution >= 4 is 39.0 Å². The molecule has 0 saturated heterocycles. The van der Waals surface area contributed by atoms with E-state index in [2.05, 4.69) is 10.0 Å². The van der Waals surface area contributed by atoms with E-state index in [-0.39, 0.29) is 27.6 Å². The van der Waals surface area contributed by atoms with Crippen LogP contribution < -0.4 is 24.2 Å². The number of carbonyl (C=O) groups excluding carboxylic acids is 2. The number of fused-ring (bicyclic) bond motifs is 1. The second kappa shape index (κ2) is 11.0. The number of anilines is 2. The summed E-state index contributed by atoms with van der Waals surface area (Å²) in [4.78, 5) is 35.0. The molecule has 1 aliphatic heterocycles. The summed E-state index contributed by atoms with van der Waals surface area (Å²) in [6.45, 7) is -0.0208. The number of nitro benzene ring substituents is 1. The number of sulfonamides is 1. The molecule has 0 atom stereocenters. The van der Waals surface area contributed by atoms with Crippen molar-refractivity contribution in [3.63, 3.8) is 0 Å². The number of nitrogens with zero attached hydrogens (tertiary/aromatic N) is 1. The fraction of sp³-hybridized carbons (Fsp3) is 0.167. The van der Waals surface area contributed by atoms with Gasteiger partial charge in [0.05, 0.1) is 28.6 Å². The minimum atomic E-state index is -3.96. The molecule has 0 bridgehead atoms. The van der Waals surface area contributed by atoms with E-state index in [1.165, 1.54) is 61.7 Å². The van der Waals surface area contributed by atoms with Crippen LogP contribution in [0.4, 0.5) is 17.1 Å². The first-order chi connectivity index (χ1) is 18.2. The number of esters is 1. The van der Waals surface area contributed by atoms with Crippen LogP contribution in [0.1, 0.15) is 10.4 Å². The smallest absolute Gasteiger partial charge is 0.338 e. The molecular weight excluding hydrogens is 522 g/mol. The van der Waals surface area contributed by atoms with Crippen molar-refractivity contribution in [2.45, 2.75) is 4.90 Å². The van der Waals surface area contributed by atoms with Crippen LogP contribution in [0.5, 0.6) is 17.2 Å². The summed E-state index contributed by atoms with van der Waals surface area (Å²) in [5.41, 5.74) is -0.249. The Hall–Kier alpha value is -4.85. The van der Waals surface area contributed by atoms with Crippen molar-refractivity contribution in [3.8, 4) is 17.2 Å². The molecule has 14 heteroatoms. The Balaban J connectivity index is 1.34. The monoisotopic (exact) mass is 543 g/mol. The van der Waals surface area contributed by atoms with Crippen molar-refractivity contribution in [3.05, 3.63) is 76.3 Å². The summed E-state index contributed by atoms with van der Waals surface area (Å²) >= 11 is 0. The minimum Gasteiger partial charge on any atom is -0.496 e. The molecule has 0 aliphatic carbocycles. The largest absolute Gasteiger partial charge is 0.496 e. The molecule has 0 aromatic heterocycles. The van der Waals surface area contributed by atoms with Crippen molar-refractivity contribution in [1.29, 1.82) is 0 Å². The number of carbonyl (C=O) groups is 2. The van der Waals surface area contributed by atoms with Crippen LogP contribution in [0.15, 0.2) is 65.6 Å². The molecule has 4 rings (SSSR count). The molecule has 3 aromatic rings. The molecule has 198 valence electrons. The number of nitro groups is 1. The fourth-order valence-corrected chi connectivity index (χ4v) is 4.45. The first-order valence-corrected chi connectivity index (χ1v) is 12.5. The van der Waals surface area contributed by atoms with Gasteiger partial charge in [-0.15, -0.1) is 0 Å². The van der Waals surface area contributed by atoms with Crippen LogP contribution in [0.2, 0.25) is 0 Å². The molecule has 1 heterocycles. The molecule has 13 nitrogen and oxygen atoms in total. The standard InChI is InChI=1S/C24H21N3O10S/c1-34-17-6-8-19(20(12-17)27(30)31)25-23(28)14-37-24(29)15-2-4-16(5-3-15)26-38(32,33)18-7-9-21-22(13-18)36-11-10-35-21/h2-9,12-13,26H,10-11,14H2,1H3,(H,25,28). The van der Waals surface area contributed by atoms with Gasteiger partial charge in [-0.3, -0.25) is 19.6 Å². The summed E-state index contributed by atoms with van der Waals surface area (Å²) in [6.07, 6.45) is 0. The lowest BCUT2D eigenvalue weighted by molar-refractivity contribution is -0.384. The number of hydrogen-bond donors (Lipinski definition) is 2. The van der Waals surface area contributed by atoms with Crippen LogP contribution in [0.3, 0.4) is 0 Å². The third kappa shape index (κ3) is 6.10. The van der Waals surface area contributed by atoms with E-state index in [0.29, 0.717) is 24.7 Å². The number of ether oxygens (including phenoxy) is 4. The highest BCUT2D eigenvalue weighted by Crippen LogP contribution is 2.33. The van der Waals surface area contributed by atoms with Gasteiger partial charge in [-0.05, 0) is 48.5 Å². The van der Waals surface area contributed by atoms with Crippen LogP contribution in [-0.2, 0) is 19.6 Å². The Morgan fingerprint density at radius 1 is 1.00 bits per heavy atom. The zero-order valence-corrected chi connectivity index (χ0v) is 20.6. The number of hydrogen-bond acceptors (Lipinski definition) is 10. The summed E-state index contributed by atoms with van der Waals surface area (Å²) < 4.78 is 48.6. The van der Waals surface area contributed by atoms with E-state index in [9.17, 15) is 28.1 Å². The molecular formula is C24H21N3O10S. The van der Waals surface area contributed by atoms with E-state index in [1.807, 2.05) is 0 Å². The molecule has 1 aliphatic rings. The predicted octanol–water partition coefficient (Wildman–Crippen LogP) is 2.97. The molecule has 0 spiro atoms. The predicted molar refractivity (Wildman–Crippen MR) is 133 cm³/mol. The Bertz CT molecular complexity index is 1490. The summed E-state index contributed by atoms with van der Waals surface area (Å²) in [5.74, 6) is -0.643. The Labute approximate surface area is 216 Å². The maximum absolute atomic E-state index is 12.7. The quantitative estimate of drug-likeness (QED) is 0.232. The summed E-state index contributed by atoms with van der Waals surface area (Å²) in [6, 6.07) is 13.4. The highest BCUT2D eigenvalue weighted by Gasteiger charge is 2.21. The van der Waals surface area contributed by atoms with Crippen LogP contribution in [0.25, 0.3) is 0 Å². The van der Waals surface area contributed by atoms with E-state index < -0.39 is 39.1 Å². The lowest BCUT2D eigenvalue weighted by Crippen LogP contribution is -2.21. The highest BCUT2D eigenvalue weighted by atomic mass is 32.2. The van der Waals surface area contributed by atoms with E-state index in [1.54, 1.807) is 0 Å². The molecule has 0 fully saturated rings. The van der Waals surface area contributed by atoms with Gasteiger partial charge in [-0.25, -0.2) is 13.2 Å². The summed E-state index contributed by atoms with van der Waals surface area (Å²) in [7, 11) is -2.61. The average molecular weight is 544 g/mol. The zero-order valence-electron chi connectivity index (χ0n) is 19.8. The third-order valence-electron chi connectivity index (χ3n) is 5.21. The van der Waals surface area contributed by atoms with Gasteiger partial charge in [0, 0.05) is 11.8 Å². The van der Waals surface area contributed by atoms with E-state index in [0.717, 1.165) is 6.07 Å². The van der Waals surface area contributed by atoms with Crippen molar-refractivity contribution in [2.75, 3.05) is 37.0 Å².